The fourth-order valence-corrected chi connectivity index (χ4v) is 0.656. The van der Waals surface area contributed by atoms with Gasteiger partial charge in [0.1, 0.15) is 6.54 Å². The third-order valence-electron chi connectivity index (χ3n) is 1.52. The van der Waals surface area contributed by atoms with E-state index in [1.807, 2.05) is 5.32 Å². The van der Waals surface area contributed by atoms with Crippen LogP contribution in [0.3, 0.4) is 0 Å². The van der Waals surface area contributed by atoms with E-state index in [0.29, 0.717) is 0 Å². The normalized spacial score (nSPS) is 12.5. The first-order valence-corrected chi connectivity index (χ1v) is 4.30. The summed E-state index contributed by atoms with van der Waals surface area (Å²) in [6.07, 6.45) is -6.83. The molecule has 17 heavy (non-hydrogen) atoms. The van der Waals surface area contributed by atoms with Gasteiger partial charge >= 0.3 is 18.1 Å². The molecule has 0 saturated heterocycles. The monoisotopic (exact) mass is 257 g/mol. The van der Waals surface area contributed by atoms with Crippen molar-refractivity contribution in [2.75, 3.05) is 13.7 Å². The Bertz CT molecular complexity index is 315. The van der Waals surface area contributed by atoms with E-state index in [4.69, 9.17) is 0 Å². The molecule has 0 spiro atoms. The van der Waals surface area contributed by atoms with E-state index in [-0.39, 0.29) is 0 Å². The van der Waals surface area contributed by atoms with Crippen molar-refractivity contribution in [2.24, 2.45) is 0 Å². The van der Waals surface area contributed by atoms with E-state index in [1.54, 1.807) is 0 Å². The lowest BCUT2D eigenvalue weighted by molar-refractivity contribution is -0.204. The number of carbonyl (C=O) groups is 3. The van der Waals surface area contributed by atoms with Crippen LogP contribution in [0.2, 0.25) is 0 Å². The summed E-state index contributed by atoms with van der Waals surface area (Å²) >= 11 is 0. The molecule has 0 aromatic rings. The van der Waals surface area contributed by atoms with E-state index < -0.39 is 36.7 Å². The van der Waals surface area contributed by atoms with Gasteiger partial charge in [-0.2, -0.15) is 13.2 Å². The van der Waals surface area contributed by atoms with Gasteiger partial charge in [-0.05, 0) is 6.92 Å². The number of esters is 2. The molecule has 0 aromatic heterocycles. The molecule has 98 valence electrons. The maximum atomic E-state index is 11.8. The number of nitrogens with one attached hydrogen (secondary N) is 1. The minimum Gasteiger partial charge on any atom is -0.468 e. The Labute approximate surface area is 94.1 Å². The van der Waals surface area contributed by atoms with Gasteiger partial charge in [0, 0.05) is 0 Å². The summed E-state index contributed by atoms with van der Waals surface area (Å²) in [7, 11) is 1.07. The third kappa shape index (κ3) is 5.73. The molecule has 6 nitrogen and oxygen atoms in total. The van der Waals surface area contributed by atoms with Crippen LogP contribution < -0.4 is 5.32 Å². The highest BCUT2D eigenvalue weighted by Crippen LogP contribution is 2.17. The maximum Gasteiger partial charge on any atom is 0.490 e. The first-order chi connectivity index (χ1) is 7.68. The van der Waals surface area contributed by atoms with Crippen molar-refractivity contribution in [3.8, 4) is 0 Å². The van der Waals surface area contributed by atoms with Crippen LogP contribution in [0.5, 0.6) is 0 Å². The largest absolute Gasteiger partial charge is 0.490 e. The zero-order valence-corrected chi connectivity index (χ0v) is 8.96. The molecule has 0 aliphatic heterocycles. The molecule has 0 radical (unpaired) electrons. The van der Waals surface area contributed by atoms with Crippen LogP contribution >= 0.6 is 0 Å². The minimum absolute atomic E-state index is 0.525. The first-order valence-electron chi connectivity index (χ1n) is 4.30. The molecule has 0 aliphatic carbocycles. The number of ether oxygens (including phenoxy) is 2. The summed E-state index contributed by atoms with van der Waals surface area (Å²) in [5.41, 5.74) is 0. The number of hydrogen-bond acceptors (Lipinski definition) is 5. The second-order valence-electron chi connectivity index (χ2n) is 2.84. The highest BCUT2D eigenvalue weighted by Gasteiger charge is 2.42. The van der Waals surface area contributed by atoms with Crippen LogP contribution in [0.4, 0.5) is 13.2 Å². The van der Waals surface area contributed by atoms with Crippen molar-refractivity contribution < 1.29 is 37.0 Å². The Kier molecular flexibility index (Phi) is 5.42. The number of hydrogen-bond donors (Lipinski definition) is 1. The van der Waals surface area contributed by atoms with Crippen molar-refractivity contribution in [3.63, 3.8) is 0 Å². The van der Waals surface area contributed by atoms with Crippen molar-refractivity contribution in [1.29, 1.82) is 0 Å². The van der Waals surface area contributed by atoms with Gasteiger partial charge in [0.2, 0.25) is 0 Å². The Morgan fingerprint density at radius 2 is 1.82 bits per heavy atom. The Morgan fingerprint density at radius 1 is 1.29 bits per heavy atom. The van der Waals surface area contributed by atoms with Gasteiger partial charge in [-0.3, -0.25) is 9.59 Å². The summed E-state index contributed by atoms with van der Waals surface area (Å²) < 4.78 is 43.3. The summed E-state index contributed by atoms with van der Waals surface area (Å²) in [5.74, 6) is -4.29. The SMILES string of the molecule is COC(=O)CNC(=O)[C@H](C)OC(=O)C(F)(F)F. The lowest BCUT2D eigenvalue weighted by Crippen LogP contribution is -2.41. The summed E-state index contributed by atoms with van der Waals surface area (Å²) in [4.78, 5) is 32.0. The maximum absolute atomic E-state index is 11.8. The standard InChI is InChI=1S/C8H10F3NO5/c1-4(17-7(15)8(9,10)11)6(14)12-3-5(13)16-2/h4H,3H2,1-2H3,(H,12,14)/t4-/m0/s1. The molecule has 1 amide bonds. The fourth-order valence-electron chi connectivity index (χ4n) is 0.656. The molecule has 0 heterocycles. The van der Waals surface area contributed by atoms with E-state index in [1.165, 1.54) is 0 Å². The van der Waals surface area contributed by atoms with E-state index in [0.717, 1.165) is 14.0 Å². The number of halogens is 3. The zero-order valence-electron chi connectivity index (χ0n) is 8.96. The van der Waals surface area contributed by atoms with E-state index in [9.17, 15) is 27.6 Å². The number of rotatable bonds is 4. The van der Waals surface area contributed by atoms with Crippen LogP contribution in [0, 0.1) is 0 Å². The van der Waals surface area contributed by atoms with Gasteiger partial charge in [0.25, 0.3) is 5.91 Å². The van der Waals surface area contributed by atoms with E-state index in [2.05, 4.69) is 9.47 Å². The second-order valence-corrected chi connectivity index (χ2v) is 2.84. The molecule has 0 fully saturated rings. The molecule has 0 aliphatic rings. The van der Waals surface area contributed by atoms with Gasteiger partial charge in [0.05, 0.1) is 7.11 Å². The third-order valence-corrected chi connectivity index (χ3v) is 1.52. The van der Waals surface area contributed by atoms with E-state index >= 15 is 0 Å². The van der Waals surface area contributed by atoms with Crippen molar-refractivity contribution in [2.45, 2.75) is 19.2 Å². The van der Waals surface area contributed by atoms with Gasteiger partial charge < -0.3 is 14.8 Å². The minimum atomic E-state index is -5.17. The lowest BCUT2D eigenvalue weighted by atomic mass is 10.3. The summed E-state index contributed by atoms with van der Waals surface area (Å²) in [5, 5.41) is 1.93. The smallest absolute Gasteiger partial charge is 0.468 e. The number of methoxy groups -OCH3 is 1. The molecule has 0 aromatic carbocycles. The molecule has 9 heteroatoms. The predicted octanol–water partition coefficient (Wildman–Crippen LogP) is -0.230. The highest BCUT2D eigenvalue weighted by atomic mass is 19.4. The van der Waals surface area contributed by atoms with Crippen molar-refractivity contribution in [3.05, 3.63) is 0 Å². The molecule has 1 atom stereocenters. The number of amides is 1. The van der Waals surface area contributed by atoms with Crippen LogP contribution in [-0.4, -0.2) is 43.8 Å². The van der Waals surface area contributed by atoms with Gasteiger partial charge in [-0.15, -0.1) is 0 Å². The number of carbonyl (C=O) groups excluding carboxylic acids is 3. The first kappa shape index (κ1) is 15.2. The Morgan fingerprint density at radius 3 is 2.24 bits per heavy atom. The molecular weight excluding hydrogens is 247 g/mol. The highest BCUT2D eigenvalue weighted by molar-refractivity contribution is 5.87. The Balaban J connectivity index is 4.15. The molecule has 0 bridgehead atoms. The molecule has 0 rings (SSSR count). The summed E-state index contributed by atoms with van der Waals surface area (Å²) in [6.45, 7) is 0.416. The van der Waals surface area contributed by atoms with Gasteiger partial charge in [-0.1, -0.05) is 0 Å². The molecule has 0 unspecified atom stereocenters. The Hall–Kier alpha value is -1.80. The van der Waals surface area contributed by atoms with Crippen LogP contribution in [0.15, 0.2) is 0 Å². The van der Waals surface area contributed by atoms with Crippen LogP contribution in [0.25, 0.3) is 0 Å². The fraction of sp³-hybridized carbons (Fsp3) is 0.625. The van der Waals surface area contributed by atoms with Crippen molar-refractivity contribution in [1.82, 2.24) is 5.32 Å². The van der Waals surface area contributed by atoms with Crippen LogP contribution in [-0.2, 0) is 23.9 Å². The molecular formula is C8H10F3NO5. The van der Waals surface area contributed by atoms with Crippen LogP contribution in [0.1, 0.15) is 6.92 Å². The lowest BCUT2D eigenvalue weighted by Gasteiger charge is -2.13. The second kappa shape index (κ2) is 6.06. The summed E-state index contributed by atoms with van der Waals surface area (Å²) in [6, 6.07) is 0. The topological polar surface area (TPSA) is 81.7 Å². The number of alkyl halides is 3. The van der Waals surface area contributed by atoms with Crippen molar-refractivity contribution >= 4 is 17.8 Å². The molecule has 0 saturated carbocycles. The zero-order chi connectivity index (χ0) is 13.6. The predicted molar refractivity (Wildman–Crippen MR) is 46.6 cm³/mol. The average Bonchev–Trinajstić information content (AvgIpc) is 2.23. The molecule has 1 N–H and O–H groups in total. The average molecular weight is 257 g/mol. The van der Waals surface area contributed by atoms with Gasteiger partial charge in [-0.25, -0.2) is 4.79 Å². The van der Waals surface area contributed by atoms with Gasteiger partial charge in [0.15, 0.2) is 6.10 Å². The quantitative estimate of drug-likeness (QED) is 0.703.